The van der Waals surface area contributed by atoms with Gasteiger partial charge in [-0.3, -0.25) is 0 Å². The van der Waals surface area contributed by atoms with E-state index in [-0.39, 0.29) is 6.03 Å². The van der Waals surface area contributed by atoms with Gasteiger partial charge in [0, 0.05) is 17.0 Å². The number of hydrogen-bond acceptors (Lipinski definition) is 1. The molecule has 0 atom stereocenters. The first-order valence-electron chi connectivity index (χ1n) is 7.49. The highest BCUT2D eigenvalue weighted by Crippen LogP contribution is 2.22. The summed E-state index contributed by atoms with van der Waals surface area (Å²) in [6.07, 6.45) is 0.740. The second kappa shape index (κ2) is 7.16. The van der Waals surface area contributed by atoms with Crippen molar-refractivity contribution < 1.29 is 4.79 Å². The quantitative estimate of drug-likeness (QED) is 0.707. The number of anilines is 1. The lowest BCUT2D eigenvalue weighted by atomic mass is 10.1. The van der Waals surface area contributed by atoms with Crippen molar-refractivity contribution in [1.82, 2.24) is 5.32 Å². The zero-order chi connectivity index (χ0) is 16.1. The van der Waals surface area contributed by atoms with E-state index in [4.69, 9.17) is 11.6 Å². The summed E-state index contributed by atoms with van der Waals surface area (Å²) >= 11 is 5.95. The van der Waals surface area contributed by atoms with Crippen LogP contribution < -0.4 is 10.6 Å². The van der Waals surface area contributed by atoms with Crippen LogP contribution in [-0.4, -0.2) is 12.6 Å². The fourth-order valence-electron chi connectivity index (χ4n) is 2.51. The number of rotatable bonds is 4. The Kier molecular flexibility index (Phi) is 4.79. The van der Waals surface area contributed by atoms with E-state index < -0.39 is 0 Å². The maximum Gasteiger partial charge on any atom is 0.319 e. The Morgan fingerprint density at radius 2 is 1.74 bits per heavy atom. The number of carbonyl (C=O) groups excluding carboxylic acids is 1. The molecular formula is C19H17ClN2O. The zero-order valence-corrected chi connectivity index (χ0v) is 13.3. The van der Waals surface area contributed by atoms with Gasteiger partial charge in [0.25, 0.3) is 0 Å². The second-order valence-electron chi connectivity index (χ2n) is 5.29. The van der Waals surface area contributed by atoms with Crippen molar-refractivity contribution in [1.29, 1.82) is 0 Å². The Morgan fingerprint density at radius 3 is 2.61 bits per heavy atom. The number of carbonyl (C=O) groups is 1. The largest absolute Gasteiger partial charge is 0.338 e. The summed E-state index contributed by atoms with van der Waals surface area (Å²) in [5.74, 6) is 0. The first-order chi connectivity index (χ1) is 11.2. The van der Waals surface area contributed by atoms with Crippen molar-refractivity contribution in [3.05, 3.63) is 77.3 Å². The Balaban J connectivity index is 1.59. The fourth-order valence-corrected chi connectivity index (χ4v) is 2.73. The molecule has 3 rings (SSSR count). The van der Waals surface area contributed by atoms with E-state index in [1.165, 1.54) is 0 Å². The van der Waals surface area contributed by atoms with Crippen LogP contribution in [0.15, 0.2) is 66.7 Å². The Labute approximate surface area is 140 Å². The number of hydrogen-bond donors (Lipinski definition) is 2. The maximum atomic E-state index is 12.1. The third kappa shape index (κ3) is 4.02. The lowest BCUT2D eigenvalue weighted by Crippen LogP contribution is -2.30. The average Bonchev–Trinajstić information content (AvgIpc) is 2.55. The zero-order valence-electron chi connectivity index (χ0n) is 12.6. The predicted octanol–water partition coefficient (Wildman–Crippen LogP) is 4.86. The minimum atomic E-state index is -0.205. The fraction of sp³-hybridized carbons (Fsp3) is 0.105. The molecule has 0 bridgehead atoms. The van der Waals surface area contributed by atoms with Crippen molar-refractivity contribution in [2.45, 2.75) is 6.42 Å². The minimum Gasteiger partial charge on any atom is -0.338 e. The van der Waals surface area contributed by atoms with Gasteiger partial charge in [-0.05, 0) is 35.6 Å². The van der Waals surface area contributed by atoms with Crippen molar-refractivity contribution in [3.63, 3.8) is 0 Å². The number of amides is 2. The molecule has 0 saturated carbocycles. The van der Waals surface area contributed by atoms with Crippen molar-refractivity contribution in [2.24, 2.45) is 0 Å². The molecule has 0 aromatic heterocycles. The molecule has 0 heterocycles. The van der Waals surface area contributed by atoms with Gasteiger partial charge in [-0.2, -0.15) is 0 Å². The second-order valence-corrected chi connectivity index (χ2v) is 5.72. The number of halogens is 1. The van der Waals surface area contributed by atoms with E-state index >= 15 is 0 Å². The van der Waals surface area contributed by atoms with E-state index in [1.807, 2.05) is 66.7 Å². The van der Waals surface area contributed by atoms with Gasteiger partial charge >= 0.3 is 6.03 Å². The topological polar surface area (TPSA) is 41.1 Å². The van der Waals surface area contributed by atoms with Crippen molar-refractivity contribution in [2.75, 3.05) is 11.9 Å². The van der Waals surface area contributed by atoms with E-state index in [9.17, 15) is 4.79 Å². The highest BCUT2D eigenvalue weighted by atomic mass is 35.5. The Hall–Kier alpha value is -2.52. The predicted molar refractivity (Wildman–Crippen MR) is 96.1 cm³/mol. The molecule has 2 amide bonds. The molecule has 2 N–H and O–H groups in total. The van der Waals surface area contributed by atoms with Gasteiger partial charge in [0.2, 0.25) is 0 Å². The van der Waals surface area contributed by atoms with Gasteiger partial charge in [-0.25, -0.2) is 4.79 Å². The van der Waals surface area contributed by atoms with Crippen LogP contribution in [0.3, 0.4) is 0 Å². The smallest absolute Gasteiger partial charge is 0.319 e. The molecular weight excluding hydrogens is 308 g/mol. The van der Waals surface area contributed by atoms with Crippen LogP contribution in [0.5, 0.6) is 0 Å². The highest BCUT2D eigenvalue weighted by molar-refractivity contribution is 6.30. The SMILES string of the molecule is O=C(NCCc1cccc(Cl)c1)Nc1cccc2ccccc12. The van der Waals surface area contributed by atoms with Crippen LogP contribution in [-0.2, 0) is 6.42 Å². The van der Waals surface area contributed by atoms with Crippen molar-refractivity contribution in [3.8, 4) is 0 Å². The summed E-state index contributed by atoms with van der Waals surface area (Å²) in [5.41, 5.74) is 1.91. The molecule has 0 saturated heterocycles. The van der Waals surface area contributed by atoms with E-state index in [1.54, 1.807) is 0 Å². The summed E-state index contributed by atoms with van der Waals surface area (Å²) in [7, 11) is 0. The lowest BCUT2D eigenvalue weighted by molar-refractivity contribution is 0.252. The molecule has 3 aromatic carbocycles. The van der Waals surface area contributed by atoms with Crippen molar-refractivity contribution >= 4 is 34.1 Å². The maximum absolute atomic E-state index is 12.1. The molecule has 0 aliphatic heterocycles. The minimum absolute atomic E-state index is 0.205. The number of benzene rings is 3. The number of nitrogens with one attached hydrogen (secondary N) is 2. The normalized spacial score (nSPS) is 10.5. The van der Waals surface area contributed by atoms with E-state index in [0.29, 0.717) is 11.6 Å². The first kappa shape index (κ1) is 15.4. The number of urea groups is 1. The molecule has 0 fully saturated rings. The molecule has 0 radical (unpaired) electrons. The molecule has 3 aromatic rings. The molecule has 0 unspecified atom stereocenters. The summed E-state index contributed by atoms with van der Waals surface area (Å²) < 4.78 is 0. The summed E-state index contributed by atoms with van der Waals surface area (Å²) in [5, 5.41) is 8.62. The Bertz CT molecular complexity index is 827. The van der Waals surface area contributed by atoms with E-state index in [0.717, 1.165) is 28.4 Å². The molecule has 4 heteroatoms. The molecule has 0 aliphatic rings. The number of fused-ring (bicyclic) bond motifs is 1. The highest BCUT2D eigenvalue weighted by Gasteiger charge is 2.05. The van der Waals surface area contributed by atoms with Gasteiger partial charge in [0.05, 0.1) is 5.69 Å². The Morgan fingerprint density at radius 1 is 0.957 bits per heavy atom. The van der Waals surface area contributed by atoms with Crippen LogP contribution >= 0.6 is 11.6 Å². The third-order valence-electron chi connectivity index (χ3n) is 3.63. The van der Waals surface area contributed by atoms with Gasteiger partial charge in [0.1, 0.15) is 0 Å². The summed E-state index contributed by atoms with van der Waals surface area (Å²) in [6, 6.07) is 21.3. The average molecular weight is 325 g/mol. The molecule has 23 heavy (non-hydrogen) atoms. The molecule has 0 aliphatic carbocycles. The third-order valence-corrected chi connectivity index (χ3v) is 3.86. The standard InChI is InChI=1S/C19H17ClN2O/c20-16-8-3-5-14(13-16)11-12-21-19(23)22-18-10-4-7-15-6-1-2-9-17(15)18/h1-10,13H,11-12H2,(H2,21,22,23). The molecule has 3 nitrogen and oxygen atoms in total. The van der Waals surface area contributed by atoms with Gasteiger partial charge in [-0.15, -0.1) is 0 Å². The van der Waals surface area contributed by atoms with Crippen LogP contribution in [0.2, 0.25) is 5.02 Å². The lowest BCUT2D eigenvalue weighted by Gasteiger charge is -2.10. The van der Waals surface area contributed by atoms with Crippen LogP contribution in [0.1, 0.15) is 5.56 Å². The van der Waals surface area contributed by atoms with Gasteiger partial charge < -0.3 is 10.6 Å². The molecule has 116 valence electrons. The van der Waals surface area contributed by atoms with Gasteiger partial charge in [0.15, 0.2) is 0 Å². The monoisotopic (exact) mass is 324 g/mol. The van der Waals surface area contributed by atoms with Gasteiger partial charge in [-0.1, -0.05) is 60.1 Å². The molecule has 0 spiro atoms. The summed E-state index contributed by atoms with van der Waals surface area (Å²) in [4.78, 5) is 12.1. The first-order valence-corrected chi connectivity index (χ1v) is 7.87. The van der Waals surface area contributed by atoms with Crippen LogP contribution in [0.25, 0.3) is 10.8 Å². The van der Waals surface area contributed by atoms with E-state index in [2.05, 4.69) is 10.6 Å². The van der Waals surface area contributed by atoms with Crippen LogP contribution in [0, 0.1) is 0 Å². The summed E-state index contributed by atoms with van der Waals surface area (Å²) in [6.45, 7) is 0.553. The van der Waals surface area contributed by atoms with Crippen LogP contribution in [0.4, 0.5) is 10.5 Å².